The molecule has 1 aromatic heterocycles. The number of guanidine groups is 1. The first-order chi connectivity index (χ1) is 13.5. The summed E-state index contributed by atoms with van der Waals surface area (Å²) in [5, 5.41) is 7.45. The SMILES string of the molecule is CCNC(=NCc1ccccc1S(=O)(=O)NC(C)(C)C)NCc1nc(C)c(C)s1. The van der Waals surface area contributed by atoms with Gasteiger partial charge in [0, 0.05) is 17.0 Å². The van der Waals surface area contributed by atoms with Crippen molar-refractivity contribution in [3.63, 3.8) is 0 Å². The Kier molecular flexibility index (Phi) is 7.79. The molecule has 0 aliphatic carbocycles. The second kappa shape index (κ2) is 9.69. The van der Waals surface area contributed by atoms with Crippen molar-refractivity contribution >= 4 is 27.3 Å². The lowest BCUT2D eigenvalue weighted by molar-refractivity contribution is 0.491. The van der Waals surface area contributed by atoms with Gasteiger partial charge in [-0.1, -0.05) is 18.2 Å². The molecule has 0 radical (unpaired) electrons. The third-order valence-corrected chi connectivity index (χ3v) is 6.87. The Morgan fingerprint density at radius 2 is 1.86 bits per heavy atom. The first-order valence-electron chi connectivity index (χ1n) is 9.59. The fourth-order valence-electron chi connectivity index (χ4n) is 2.63. The summed E-state index contributed by atoms with van der Waals surface area (Å²) in [7, 11) is -3.63. The normalized spacial score (nSPS) is 12.8. The number of aliphatic imine (C=N–C) groups is 1. The van der Waals surface area contributed by atoms with Crippen LogP contribution in [0.3, 0.4) is 0 Å². The highest BCUT2D eigenvalue weighted by Crippen LogP contribution is 2.19. The third-order valence-electron chi connectivity index (χ3n) is 3.93. The molecule has 2 rings (SSSR count). The van der Waals surface area contributed by atoms with Gasteiger partial charge in [0.2, 0.25) is 10.0 Å². The number of benzene rings is 1. The maximum atomic E-state index is 12.8. The molecule has 160 valence electrons. The summed E-state index contributed by atoms with van der Waals surface area (Å²) < 4.78 is 28.3. The van der Waals surface area contributed by atoms with Crippen molar-refractivity contribution in [1.29, 1.82) is 0 Å². The second-order valence-corrected chi connectivity index (χ2v) is 10.7. The van der Waals surface area contributed by atoms with Crippen LogP contribution < -0.4 is 15.4 Å². The molecular weight excluding hydrogens is 406 g/mol. The topological polar surface area (TPSA) is 95.5 Å². The average molecular weight is 438 g/mol. The summed E-state index contributed by atoms with van der Waals surface area (Å²) in [5.74, 6) is 0.619. The summed E-state index contributed by atoms with van der Waals surface area (Å²) in [6.07, 6.45) is 0. The number of hydrogen-bond donors (Lipinski definition) is 3. The van der Waals surface area contributed by atoms with Crippen LogP contribution in [0.25, 0.3) is 0 Å². The largest absolute Gasteiger partial charge is 0.357 e. The molecule has 0 saturated carbocycles. The fraction of sp³-hybridized carbons (Fsp3) is 0.500. The first kappa shape index (κ1) is 23.3. The number of hydrogen-bond acceptors (Lipinski definition) is 5. The van der Waals surface area contributed by atoms with Gasteiger partial charge < -0.3 is 10.6 Å². The third kappa shape index (κ3) is 7.09. The standard InChI is InChI=1S/C20H31N5O2S2/c1-7-21-19(23-13-18-24-14(2)15(3)28-18)22-12-16-10-8-9-11-17(16)29(26,27)25-20(4,5)6/h8-11,25H,7,12-13H2,1-6H3,(H2,21,22,23). The minimum absolute atomic E-state index is 0.243. The Balaban J connectivity index is 2.18. The lowest BCUT2D eigenvalue weighted by atomic mass is 10.1. The van der Waals surface area contributed by atoms with E-state index in [1.54, 1.807) is 29.5 Å². The maximum absolute atomic E-state index is 12.8. The van der Waals surface area contributed by atoms with E-state index in [2.05, 4.69) is 32.3 Å². The van der Waals surface area contributed by atoms with Gasteiger partial charge >= 0.3 is 0 Å². The molecule has 1 heterocycles. The zero-order valence-electron chi connectivity index (χ0n) is 18.0. The van der Waals surface area contributed by atoms with Gasteiger partial charge in [-0.3, -0.25) is 0 Å². The zero-order valence-corrected chi connectivity index (χ0v) is 19.6. The molecule has 0 atom stereocenters. The van der Waals surface area contributed by atoms with Crippen LogP contribution in [-0.4, -0.2) is 31.4 Å². The van der Waals surface area contributed by atoms with Gasteiger partial charge in [-0.15, -0.1) is 11.3 Å². The molecular formula is C20H31N5O2S2. The summed E-state index contributed by atoms with van der Waals surface area (Å²) in [6, 6.07) is 6.95. The molecule has 0 saturated heterocycles. The van der Waals surface area contributed by atoms with Crippen molar-refractivity contribution in [2.24, 2.45) is 4.99 Å². The van der Waals surface area contributed by atoms with E-state index < -0.39 is 15.6 Å². The first-order valence-corrected chi connectivity index (χ1v) is 11.9. The quantitative estimate of drug-likeness (QED) is 0.457. The minimum atomic E-state index is -3.63. The number of aryl methyl sites for hydroxylation is 2. The van der Waals surface area contributed by atoms with Gasteiger partial charge in [0.05, 0.1) is 23.7 Å². The van der Waals surface area contributed by atoms with E-state index in [9.17, 15) is 8.42 Å². The van der Waals surface area contributed by atoms with Crippen molar-refractivity contribution in [2.75, 3.05) is 6.54 Å². The predicted molar refractivity (Wildman–Crippen MR) is 120 cm³/mol. The molecule has 0 spiro atoms. The van der Waals surface area contributed by atoms with Crippen LogP contribution in [0.2, 0.25) is 0 Å². The second-order valence-electron chi connectivity index (χ2n) is 7.76. The Hall–Kier alpha value is -1.97. The van der Waals surface area contributed by atoms with Crippen molar-refractivity contribution < 1.29 is 8.42 Å². The van der Waals surface area contributed by atoms with Gasteiger partial charge in [0.15, 0.2) is 5.96 Å². The molecule has 0 fully saturated rings. The maximum Gasteiger partial charge on any atom is 0.241 e. The molecule has 29 heavy (non-hydrogen) atoms. The van der Waals surface area contributed by atoms with Gasteiger partial charge in [-0.25, -0.2) is 23.1 Å². The van der Waals surface area contributed by atoms with Gasteiger partial charge in [-0.05, 0) is 53.2 Å². The van der Waals surface area contributed by atoms with Gasteiger partial charge in [-0.2, -0.15) is 0 Å². The van der Waals surface area contributed by atoms with Crippen LogP contribution in [0.1, 0.15) is 48.8 Å². The molecule has 2 aromatic rings. The van der Waals surface area contributed by atoms with Crippen LogP contribution in [0.5, 0.6) is 0 Å². The number of sulfonamides is 1. The Bertz CT molecular complexity index is 940. The van der Waals surface area contributed by atoms with Crippen molar-refractivity contribution in [1.82, 2.24) is 20.3 Å². The molecule has 7 nitrogen and oxygen atoms in total. The summed E-state index contributed by atoms with van der Waals surface area (Å²) in [5.41, 5.74) is 1.12. The van der Waals surface area contributed by atoms with Gasteiger partial charge in [0.25, 0.3) is 0 Å². The number of aromatic nitrogens is 1. The van der Waals surface area contributed by atoms with E-state index in [0.717, 1.165) is 10.7 Å². The molecule has 0 aliphatic rings. The van der Waals surface area contributed by atoms with Crippen LogP contribution in [0, 0.1) is 13.8 Å². The zero-order chi connectivity index (χ0) is 21.7. The Labute approximate surface area is 178 Å². The predicted octanol–water partition coefficient (Wildman–Crippen LogP) is 3.09. The van der Waals surface area contributed by atoms with Crippen LogP contribution in [0.4, 0.5) is 0 Å². The number of thiazole rings is 1. The minimum Gasteiger partial charge on any atom is -0.357 e. The average Bonchev–Trinajstić information content (AvgIpc) is 2.93. The highest BCUT2D eigenvalue weighted by molar-refractivity contribution is 7.89. The molecule has 0 bridgehead atoms. The highest BCUT2D eigenvalue weighted by Gasteiger charge is 2.24. The Morgan fingerprint density at radius 1 is 1.17 bits per heavy atom. The number of nitrogens with one attached hydrogen (secondary N) is 3. The van der Waals surface area contributed by atoms with E-state index in [0.29, 0.717) is 24.6 Å². The van der Waals surface area contributed by atoms with Crippen LogP contribution in [0.15, 0.2) is 34.2 Å². The fourth-order valence-corrected chi connectivity index (χ4v) is 5.16. The van der Waals surface area contributed by atoms with E-state index in [4.69, 9.17) is 0 Å². The van der Waals surface area contributed by atoms with E-state index in [-0.39, 0.29) is 11.4 Å². The summed E-state index contributed by atoms with van der Waals surface area (Å²) >= 11 is 1.66. The van der Waals surface area contributed by atoms with Crippen molar-refractivity contribution in [3.05, 3.63) is 45.4 Å². The van der Waals surface area contributed by atoms with Gasteiger partial charge in [0.1, 0.15) is 5.01 Å². The van der Waals surface area contributed by atoms with E-state index in [1.165, 1.54) is 4.88 Å². The summed E-state index contributed by atoms with van der Waals surface area (Å²) in [4.78, 5) is 10.6. The van der Waals surface area contributed by atoms with Crippen molar-refractivity contribution in [2.45, 2.75) is 65.1 Å². The molecule has 1 aromatic carbocycles. The smallest absolute Gasteiger partial charge is 0.241 e. The lowest BCUT2D eigenvalue weighted by Crippen LogP contribution is -2.40. The van der Waals surface area contributed by atoms with Crippen LogP contribution in [-0.2, 0) is 23.1 Å². The van der Waals surface area contributed by atoms with Crippen molar-refractivity contribution in [3.8, 4) is 0 Å². The van der Waals surface area contributed by atoms with E-state index in [1.807, 2.05) is 40.7 Å². The summed E-state index contributed by atoms with van der Waals surface area (Å²) in [6.45, 7) is 13.0. The monoisotopic (exact) mass is 437 g/mol. The number of rotatable bonds is 7. The molecule has 0 aliphatic heterocycles. The van der Waals surface area contributed by atoms with Crippen LogP contribution >= 0.6 is 11.3 Å². The molecule has 9 heteroatoms. The number of nitrogens with zero attached hydrogens (tertiary/aromatic N) is 2. The molecule has 0 unspecified atom stereocenters. The molecule has 0 amide bonds. The lowest BCUT2D eigenvalue weighted by Gasteiger charge is -2.21. The molecule has 3 N–H and O–H groups in total. The highest BCUT2D eigenvalue weighted by atomic mass is 32.2. The Morgan fingerprint density at radius 3 is 2.45 bits per heavy atom. The van der Waals surface area contributed by atoms with E-state index >= 15 is 0 Å².